The molecule has 0 atom stereocenters. The van der Waals surface area contributed by atoms with Crippen molar-refractivity contribution >= 4 is 11.8 Å². The van der Waals surface area contributed by atoms with Gasteiger partial charge in [0, 0.05) is 32.7 Å². The van der Waals surface area contributed by atoms with E-state index in [0.29, 0.717) is 25.3 Å². The van der Waals surface area contributed by atoms with Crippen LogP contribution < -0.4 is 5.32 Å². The lowest BCUT2D eigenvalue weighted by atomic mass is 10.0. The van der Waals surface area contributed by atoms with E-state index in [1.807, 2.05) is 4.90 Å². The topological polar surface area (TPSA) is 52.7 Å². The van der Waals surface area contributed by atoms with Crippen LogP contribution in [0.5, 0.6) is 0 Å². The molecule has 0 aromatic carbocycles. The summed E-state index contributed by atoms with van der Waals surface area (Å²) >= 11 is 0. The monoisotopic (exact) mass is 295 g/mol. The summed E-state index contributed by atoms with van der Waals surface area (Å²) in [5.74, 6) is 0.574. The highest BCUT2D eigenvalue weighted by Gasteiger charge is 2.57. The van der Waals surface area contributed by atoms with E-state index in [-0.39, 0.29) is 11.8 Å². The molecule has 0 radical (unpaired) electrons. The standard InChI is InChI=1S/C16H29N3O2/c1-4-18-9-11-19(12-10-18)15(21)16(6-7-16)14(20)17-8-5-13(2)3/h13H,4-12H2,1-3H3,(H,17,20). The molecule has 1 N–H and O–H groups in total. The predicted octanol–water partition coefficient (Wildman–Crippen LogP) is 1.09. The summed E-state index contributed by atoms with van der Waals surface area (Å²) in [6, 6.07) is 0. The van der Waals surface area contributed by atoms with E-state index in [4.69, 9.17) is 0 Å². The molecule has 2 aliphatic rings. The van der Waals surface area contributed by atoms with Crippen molar-refractivity contribution in [2.75, 3.05) is 39.3 Å². The number of piperazine rings is 1. The molecule has 2 fully saturated rings. The Hall–Kier alpha value is -1.10. The largest absolute Gasteiger partial charge is 0.355 e. The van der Waals surface area contributed by atoms with Crippen molar-refractivity contribution in [2.45, 2.75) is 40.0 Å². The van der Waals surface area contributed by atoms with Crippen LogP contribution in [0.4, 0.5) is 0 Å². The van der Waals surface area contributed by atoms with Crippen LogP contribution in [0.15, 0.2) is 0 Å². The molecule has 120 valence electrons. The lowest BCUT2D eigenvalue weighted by molar-refractivity contribution is -0.145. The summed E-state index contributed by atoms with van der Waals surface area (Å²) in [5, 5.41) is 2.96. The van der Waals surface area contributed by atoms with Gasteiger partial charge in [-0.3, -0.25) is 9.59 Å². The van der Waals surface area contributed by atoms with Crippen LogP contribution in [0.3, 0.4) is 0 Å². The molecule has 5 heteroatoms. The number of carbonyl (C=O) groups excluding carboxylic acids is 2. The van der Waals surface area contributed by atoms with Crippen molar-refractivity contribution in [3.8, 4) is 0 Å². The molecule has 5 nitrogen and oxygen atoms in total. The van der Waals surface area contributed by atoms with E-state index < -0.39 is 5.41 Å². The first-order valence-electron chi connectivity index (χ1n) is 8.29. The molecule has 0 unspecified atom stereocenters. The van der Waals surface area contributed by atoms with Crippen molar-refractivity contribution in [3.05, 3.63) is 0 Å². The molecule has 1 saturated heterocycles. The van der Waals surface area contributed by atoms with Gasteiger partial charge >= 0.3 is 0 Å². The van der Waals surface area contributed by atoms with Crippen molar-refractivity contribution in [1.82, 2.24) is 15.1 Å². The van der Waals surface area contributed by atoms with Gasteiger partial charge in [-0.25, -0.2) is 0 Å². The number of likely N-dealkylation sites (N-methyl/N-ethyl adjacent to an activating group) is 1. The lowest BCUT2D eigenvalue weighted by Gasteiger charge is -2.35. The Morgan fingerprint density at radius 3 is 2.24 bits per heavy atom. The molecule has 2 amide bonds. The molecule has 1 aliphatic carbocycles. The van der Waals surface area contributed by atoms with E-state index in [1.54, 1.807) is 0 Å². The number of hydrogen-bond acceptors (Lipinski definition) is 3. The van der Waals surface area contributed by atoms with E-state index in [1.165, 1.54) is 0 Å². The molecule has 0 aromatic heterocycles. The molecular weight excluding hydrogens is 266 g/mol. The predicted molar refractivity (Wildman–Crippen MR) is 82.8 cm³/mol. The SMILES string of the molecule is CCN1CCN(C(=O)C2(C(=O)NCCC(C)C)CC2)CC1. The quantitative estimate of drug-likeness (QED) is 0.746. The highest BCUT2D eigenvalue weighted by Crippen LogP contribution is 2.47. The molecule has 1 saturated carbocycles. The molecule has 1 aliphatic heterocycles. The molecule has 0 spiro atoms. The first-order chi connectivity index (χ1) is 9.99. The number of nitrogens with zero attached hydrogens (tertiary/aromatic N) is 2. The second-order valence-electron chi connectivity index (χ2n) is 6.75. The first-order valence-corrected chi connectivity index (χ1v) is 8.29. The maximum Gasteiger partial charge on any atom is 0.238 e. The Morgan fingerprint density at radius 1 is 1.14 bits per heavy atom. The first kappa shape index (κ1) is 16.3. The van der Waals surface area contributed by atoms with Gasteiger partial charge in [-0.15, -0.1) is 0 Å². The van der Waals surface area contributed by atoms with Gasteiger partial charge < -0.3 is 15.1 Å². The number of hydrogen-bond donors (Lipinski definition) is 1. The van der Waals surface area contributed by atoms with Crippen molar-refractivity contribution in [2.24, 2.45) is 11.3 Å². The second-order valence-corrected chi connectivity index (χ2v) is 6.75. The molecule has 0 aromatic rings. The Bertz CT molecular complexity index is 383. The van der Waals surface area contributed by atoms with Crippen LogP contribution in [0, 0.1) is 11.3 Å². The van der Waals surface area contributed by atoms with Gasteiger partial charge in [0.1, 0.15) is 5.41 Å². The fourth-order valence-corrected chi connectivity index (χ4v) is 2.88. The van der Waals surface area contributed by atoms with E-state index in [2.05, 4.69) is 31.0 Å². The normalized spacial score (nSPS) is 21.4. The summed E-state index contributed by atoms with van der Waals surface area (Å²) in [7, 11) is 0. The molecule has 0 bridgehead atoms. The molecule has 2 rings (SSSR count). The summed E-state index contributed by atoms with van der Waals surface area (Å²) < 4.78 is 0. The summed E-state index contributed by atoms with van der Waals surface area (Å²) in [5.41, 5.74) is -0.731. The Balaban J connectivity index is 1.85. The smallest absolute Gasteiger partial charge is 0.238 e. The van der Waals surface area contributed by atoms with Crippen molar-refractivity contribution in [1.29, 1.82) is 0 Å². The minimum Gasteiger partial charge on any atom is -0.355 e. The molecular formula is C16H29N3O2. The lowest BCUT2D eigenvalue weighted by Crippen LogP contribution is -2.53. The van der Waals surface area contributed by atoms with Crippen LogP contribution in [0.25, 0.3) is 0 Å². The number of carbonyl (C=O) groups is 2. The van der Waals surface area contributed by atoms with Gasteiger partial charge in [-0.2, -0.15) is 0 Å². The van der Waals surface area contributed by atoms with Gasteiger partial charge in [0.25, 0.3) is 0 Å². The van der Waals surface area contributed by atoms with Crippen LogP contribution in [0.1, 0.15) is 40.0 Å². The van der Waals surface area contributed by atoms with Gasteiger partial charge in [0.2, 0.25) is 11.8 Å². The third-order valence-electron chi connectivity index (χ3n) is 4.71. The van der Waals surface area contributed by atoms with Gasteiger partial charge in [-0.05, 0) is 31.7 Å². The minimum absolute atomic E-state index is 0.0499. The highest BCUT2D eigenvalue weighted by atomic mass is 16.2. The summed E-state index contributed by atoms with van der Waals surface area (Å²) in [4.78, 5) is 29.2. The maximum absolute atomic E-state index is 12.7. The van der Waals surface area contributed by atoms with Gasteiger partial charge in [0.05, 0.1) is 0 Å². The zero-order valence-electron chi connectivity index (χ0n) is 13.7. The molecule has 21 heavy (non-hydrogen) atoms. The summed E-state index contributed by atoms with van der Waals surface area (Å²) in [6.07, 6.45) is 2.39. The highest BCUT2D eigenvalue weighted by molar-refractivity contribution is 6.07. The zero-order chi connectivity index (χ0) is 15.5. The maximum atomic E-state index is 12.7. The van der Waals surface area contributed by atoms with Crippen LogP contribution >= 0.6 is 0 Å². The Kier molecular flexibility index (Phi) is 5.25. The van der Waals surface area contributed by atoms with Gasteiger partial charge in [-0.1, -0.05) is 20.8 Å². The zero-order valence-corrected chi connectivity index (χ0v) is 13.7. The molecule has 1 heterocycles. The van der Waals surface area contributed by atoms with Crippen LogP contribution in [0.2, 0.25) is 0 Å². The van der Waals surface area contributed by atoms with E-state index in [9.17, 15) is 9.59 Å². The average molecular weight is 295 g/mol. The van der Waals surface area contributed by atoms with E-state index in [0.717, 1.165) is 39.1 Å². The van der Waals surface area contributed by atoms with Crippen LogP contribution in [-0.4, -0.2) is 60.9 Å². The number of nitrogens with one attached hydrogen (secondary N) is 1. The third kappa shape index (κ3) is 3.76. The third-order valence-corrected chi connectivity index (χ3v) is 4.71. The fraction of sp³-hybridized carbons (Fsp3) is 0.875. The minimum atomic E-state index is -0.731. The number of rotatable bonds is 6. The Labute approximate surface area is 128 Å². The van der Waals surface area contributed by atoms with E-state index >= 15 is 0 Å². The average Bonchev–Trinajstić information content (AvgIpc) is 3.28. The van der Waals surface area contributed by atoms with Gasteiger partial charge in [0.15, 0.2) is 0 Å². The van der Waals surface area contributed by atoms with Crippen LogP contribution in [-0.2, 0) is 9.59 Å². The fourth-order valence-electron chi connectivity index (χ4n) is 2.88. The van der Waals surface area contributed by atoms with Crippen molar-refractivity contribution in [3.63, 3.8) is 0 Å². The Morgan fingerprint density at radius 2 is 1.76 bits per heavy atom. The number of amides is 2. The summed E-state index contributed by atoms with van der Waals surface area (Å²) in [6.45, 7) is 11.5. The second kappa shape index (κ2) is 6.77. The van der Waals surface area contributed by atoms with Crippen molar-refractivity contribution < 1.29 is 9.59 Å².